The first-order chi connectivity index (χ1) is 11.7. The van der Waals surface area contributed by atoms with Crippen molar-refractivity contribution in [2.24, 2.45) is 11.8 Å². The lowest BCUT2D eigenvalue weighted by Gasteiger charge is -2.36. The SMILES string of the molecule is Oc1ccc2cc(C3CCC(C4CCCCC4)CC3)ccc2c1F. The largest absolute Gasteiger partial charge is 0.505 e. The average Bonchev–Trinajstić information content (AvgIpc) is 2.65. The van der Waals surface area contributed by atoms with E-state index in [2.05, 4.69) is 12.1 Å². The van der Waals surface area contributed by atoms with E-state index in [-0.39, 0.29) is 5.75 Å². The predicted molar refractivity (Wildman–Crippen MR) is 96.8 cm³/mol. The van der Waals surface area contributed by atoms with E-state index in [1.54, 1.807) is 0 Å². The van der Waals surface area contributed by atoms with Gasteiger partial charge in [0.2, 0.25) is 0 Å². The Bertz CT molecular complexity index is 709. The zero-order valence-electron chi connectivity index (χ0n) is 14.3. The van der Waals surface area contributed by atoms with E-state index >= 15 is 0 Å². The number of fused-ring (bicyclic) bond motifs is 1. The van der Waals surface area contributed by atoms with Crippen LogP contribution in [0, 0.1) is 17.7 Å². The van der Waals surface area contributed by atoms with E-state index in [1.807, 2.05) is 12.1 Å². The predicted octanol–water partition coefficient (Wildman–Crippen LogP) is 6.54. The third kappa shape index (κ3) is 3.03. The molecule has 128 valence electrons. The first-order valence-electron chi connectivity index (χ1n) is 9.63. The van der Waals surface area contributed by atoms with E-state index in [0.717, 1.165) is 17.2 Å². The molecule has 0 atom stereocenters. The summed E-state index contributed by atoms with van der Waals surface area (Å²) in [5.41, 5.74) is 1.34. The van der Waals surface area contributed by atoms with Gasteiger partial charge in [-0.3, -0.25) is 0 Å². The minimum Gasteiger partial charge on any atom is -0.505 e. The maximum atomic E-state index is 14.0. The van der Waals surface area contributed by atoms with Gasteiger partial charge in [0.05, 0.1) is 0 Å². The van der Waals surface area contributed by atoms with Crippen molar-refractivity contribution in [1.29, 1.82) is 0 Å². The van der Waals surface area contributed by atoms with Gasteiger partial charge in [0.15, 0.2) is 11.6 Å². The molecule has 0 heterocycles. The topological polar surface area (TPSA) is 20.2 Å². The molecule has 0 saturated heterocycles. The van der Waals surface area contributed by atoms with Crippen LogP contribution in [0.3, 0.4) is 0 Å². The normalized spacial score (nSPS) is 25.9. The van der Waals surface area contributed by atoms with E-state index in [4.69, 9.17) is 0 Å². The summed E-state index contributed by atoms with van der Waals surface area (Å²) in [6.07, 6.45) is 12.5. The molecule has 0 unspecified atom stereocenters. The first-order valence-corrected chi connectivity index (χ1v) is 9.63. The number of rotatable bonds is 2. The van der Waals surface area contributed by atoms with Crippen molar-refractivity contribution in [1.82, 2.24) is 0 Å². The lowest BCUT2D eigenvalue weighted by molar-refractivity contribution is 0.186. The summed E-state index contributed by atoms with van der Waals surface area (Å²) < 4.78 is 14.0. The number of aromatic hydroxyl groups is 1. The van der Waals surface area contributed by atoms with Crippen LogP contribution in [0.5, 0.6) is 5.75 Å². The fourth-order valence-electron chi connectivity index (χ4n) is 5.08. The Morgan fingerprint density at radius 2 is 1.50 bits per heavy atom. The molecular weight excluding hydrogens is 299 g/mol. The highest BCUT2D eigenvalue weighted by Crippen LogP contribution is 2.43. The van der Waals surface area contributed by atoms with Crippen LogP contribution in [0.25, 0.3) is 10.8 Å². The summed E-state index contributed by atoms with van der Waals surface area (Å²) in [6, 6.07) is 9.32. The van der Waals surface area contributed by atoms with E-state index in [1.165, 1.54) is 69.4 Å². The summed E-state index contributed by atoms with van der Waals surface area (Å²) >= 11 is 0. The number of hydrogen-bond donors (Lipinski definition) is 1. The number of phenolic OH excluding ortho intramolecular Hbond substituents is 1. The highest BCUT2D eigenvalue weighted by molar-refractivity contribution is 5.85. The van der Waals surface area contributed by atoms with Gasteiger partial charge < -0.3 is 5.11 Å². The molecule has 2 aromatic carbocycles. The van der Waals surface area contributed by atoms with Gasteiger partial charge in [-0.1, -0.05) is 56.4 Å². The second-order valence-electron chi connectivity index (χ2n) is 7.89. The van der Waals surface area contributed by atoms with Crippen molar-refractivity contribution < 1.29 is 9.50 Å². The standard InChI is InChI=1S/C22H27FO/c23-22-20-12-10-18(14-19(20)11-13-21(22)24)17-8-6-16(7-9-17)15-4-2-1-3-5-15/h10-17,24H,1-9H2. The molecular formula is C22H27FO. The Morgan fingerprint density at radius 3 is 2.25 bits per heavy atom. The van der Waals surface area contributed by atoms with Crippen LogP contribution in [0.15, 0.2) is 30.3 Å². The van der Waals surface area contributed by atoms with Gasteiger partial charge in [0, 0.05) is 5.39 Å². The van der Waals surface area contributed by atoms with E-state index in [9.17, 15) is 9.50 Å². The van der Waals surface area contributed by atoms with Crippen LogP contribution < -0.4 is 0 Å². The quantitative estimate of drug-likeness (QED) is 0.664. The maximum Gasteiger partial charge on any atom is 0.172 e. The van der Waals surface area contributed by atoms with Crippen molar-refractivity contribution in [3.05, 3.63) is 41.7 Å². The van der Waals surface area contributed by atoms with Crippen molar-refractivity contribution in [2.75, 3.05) is 0 Å². The van der Waals surface area contributed by atoms with Crippen LogP contribution in [-0.4, -0.2) is 5.11 Å². The highest BCUT2D eigenvalue weighted by Gasteiger charge is 2.29. The molecule has 2 aromatic rings. The smallest absolute Gasteiger partial charge is 0.172 e. The summed E-state index contributed by atoms with van der Waals surface area (Å²) in [5, 5.41) is 10.9. The summed E-state index contributed by atoms with van der Waals surface area (Å²) in [5.74, 6) is 1.78. The second kappa shape index (κ2) is 6.74. The molecule has 0 amide bonds. The third-order valence-electron chi connectivity index (χ3n) is 6.52. The maximum absolute atomic E-state index is 14.0. The van der Waals surface area contributed by atoms with E-state index in [0.29, 0.717) is 11.3 Å². The van der Waals surface area contributed by atoms with Crippen molar-refractivity contribution >= 4 is 10.8 Å². The van der Waals surface area contributed by atoms with Gasteiger partial charge in [-0.25, -0.2) is 4.39 Å². The minimum atomic E-state index is -0.500. The van der Waals surface area contributed by atoms with Crippen LogP contribution in [0.1, 0.15) is 69.3 Å². The molecule has 2 aliphatic carbocycles. The van der Waals surface area contributed by atoms with Crippen molar-refractivity contribution in [2.45, 2.75) is 63.7 Å². The number of hydrogen-bond acceptors (Lipinski definition) is 1. The lowest BCUT2D eigenvalue weighted by Crippen LogP contribution is -2.23. The van der Waals surface area contributed by atoms with Gasteiger partial charge in [0.25, 0.3) is 0 Å². The second-order valence-corrected chi connectivity index (χ2v) is 7.89. The number of phenols is 1. The molecule has 0 aromatic heterocycles. The number of benzene rings is 2. The van der Waals surface area contributed by atoms with Crippen LogP contribution in [0.2, 0.25) is 0 Å². The Kier molecular flexibility index (Phi) is 4.47. The van der Waals surface area contributed by atoms with Crippen LogP contribution in [0.4, 0.5) is 4.39 Å². The number of halogens is 1. The minimum absolute atomic E-state index is 0.261. The lowest BCUT2D eigenvalue weighted by atomic mass is 9.70. The average molecular weight is 326 g/mol. The highest BCUT2D eigenvalue weighted by atomic mass is 19.1. The Hall–Kier alpha value is -1.57. The fraction of sp³-hybridized carbons (Fsp3) is 0.545. The molecule has 2 fully saturated rings. The molecule has 1 N–H and O–H groups in total. The van der Waals surface area contributed by atoms with Gasteiger partial charge in [-0.2, -0.15) is 0 Å². The Morgan fingerprint density at radius 1 is 0.792 bits per heavy atom. The first kappa shape index (κ1) is 15.9. The zero-order chi connectivity index (χ0) is 16.5. The molecule has 1 nitrogen and oxygen atoms in total. The molecule has 0 radical (unpaired) electrons. The molecule has 0 aliphatic heterocycles. The molecule has 4 rings (SSSR count). The molecule has 2 heteroatoms. The molecule has 0 bridgehead atoms. The molecule has 0 spiro atoms. The van der Waals surface area contributed by atoms with Gasteiger partial charge in [-0.15, -0.1) is 0 Å². The summed E-state index contributed by atoms with van der Waals surface area (Å²) in [6.45, 7) is 0. The van der Waals surface area contributed by atoms with Gasteiger partial charge >= 0.3 is 0 Å². The summed E-state index contributed by atoms with van der Waals surface area (Å²) in [4.78, 5) is 0. The van der Waals surface area contributed by atoms with Gasteiger partial charge in [-0.05, 0) is 60.5 Å². The van der Waals surface area contributed by atoms with Crippen LogP contribution >= 0.6 is 0 Å². The van der Waals surface area contributed by atoms with E-state index < -0.39 is 5.82 Å². The third-order valence-corrected chi connectivity index (χ3v) is 6.52. The fourth-order valence-corrected chi connectivity index (χ4v) is 5.08. The molecule has 2 saturated carbocycles. The van der Waals surface area contributed by atoms with Crippen molar-refractivity contribution in [3.8, 4) is 5.75 Å². The monoisotopic (exact) mass is 326 g/mol. The van der Waals surface area contributed by atoms with Crippen LogP contribution in [-0.2, 0) is 0 Å². The molecule has 24 heavy (non-hydrogen) atoms. The van der Waals surface area contributed by atoms with Crippen molar-refractivity contribution in [3.63, 3.8) is 0 Å². The Labute approximate surface area is 143 Å². The Balaban J connectivity index is 1.47. The zero-order valence-corrected chi connectivity index (χ0v) is 14.3. The molecule has 2 aliphatic rings. The van der Waals surface area contributed by atoms with Gasteiger partial charge in [0.1, 0.15) is 0 Å². The summed E-state index contributed by atoms with van der Waals surface area (Å²) in [7, 11) is 0.